The summed E-state index contributed by atoms with van der Waals surface area (Å²) in [5.41, 5.74) is 1.84. The van der Waals surface area contributed by atoms with E-state index in [9.17, 15) is 9.18 Å². The minimum Gasteiger partial charge on any atom is -0.370 e. The van der Waals surface area contributed by atoms with E-state index in [1.54, 1.807) is 12.1 Å². The van der Waals surface area contributed by atoms with Gasteiger partial charge in [0.05, 0.1) is 12.1 Å². The Labute approximate surface area is 146 Å². The number of hydrogen-bond donors (Lipinski definition) is 3. The van der Waals surface area contributed by atoms with Gasteiger partial charge < -0.3 is 16.0 Å². The minimum absolute atomic E-state index is 0.0515. The molecule has 0 saturated carbocycles. The Morgan fingerprint density at radius 3 is 2.96 bits per heavy atom. The summed E-state index contributed by atoms with van der Waals surface area (Å²) in [6.45, 7) is 5.99. The van der Waals surface area contributed by atoms with Gasteiger partial charge in [0, 0.05) is 44.7 Å². The van der Waals surface area contributed by atoms with Gasteiger partial charge in [-0.15, -0.1) is 0 Å². The highest BCUT2D eigenvalue weighted by Crippen LogP contribution is 2.17. The zero-order valence-corrected chi connectivity index (χ0v) is 14.4. The van der Waals surface area contributed by atoms with Gasteiger partial charge in [-0.25, -0.2) is 9.07 Å². The molecule has 3 rings (SSSR count). The number of carbonyl (C=O) groups excluding carboxylic acids is 1. The van der Waals surface area contributed by atoms with Crippen molar-refractivity contribution in [2.75, 3.05) is 31.5 Å². The molecule has 1 amide bonds. The van der Waals surface area contributed by atoms with Crippen molar-refractivity contribution in [1.29, 1.82) is 0 Å². The van der Waals surface area contributed by atoms with Crippen molar-refractivity contribution < 1.29 is 9.18 Å². The zero-order chi connectivity index (χ0) is 17.6. The number of anilines is 1. The van der Waals surface area contributed by atoms with Gasteiger partial charge in [0.25, 0.3) is 0 Å². The molecule has 0 aliphatic carbocycles. The number of aryl methyl sites for hydroxylation is 1. The highest BCUT2D eigenvalue weighted by Gasteiger charge is 2.18. The molecule has 25 heavy (non-hydrogen) atoms. The Hall–Kier alpha value is -2.41. The van der Waals surface area contributed by atoms with Gasteiger partial charge in [0.15, 0.2) is 0 Å². The van der Waals surface area contributed by atoms with Crippen LogP contribution in [-0.2, 0) is 17.8 Å². The fraction of sp³-hybridized carbons (Fsp3) is 0.444. The predicted octanol–water partition coefficient (Wildman–Crippen LogP) is 1.32. The molecule has 2 heterocycles. The quantitative estimate of drug-likeness (QED) is 0.662. The Balaban J connectivity index is 1.30. The number of carbonyl (C=O) groups is 1. The molecular weight excluding hydrogens is 321 g/mol. The fourth-order valence-electron chi connectivity index (χ4n) is 2.97. The molecule has 0 fully saturated rings. The molecule has 1 aromatic heterocycles. The zero-order valence-electron chi connectivity index (χ0n) is 14.4. The summed E-state index contributed by atoms with van der Waals surface area (Å²) < 4.78 is 14.8. The van der Waals surface area contributed by atoms with Crippen LogP contribution < -0.4 is 16.0 Å². The van der Waals surface area contributed by atoms with Crippen LogP contribution in [0.4, 0.5) is 10.2 Å². The average Bonchev–Trinajstić information content (AvgIpc) is 2.96. The second-order valence-electron chi connectivity index (χ2n) is 6.46. The molecule has 1 aliphatic rings. The average molecular weight is 345 g/mol. The van der Waals surface area contributed by atoms with Crippen LogP contribution in [0.1, 0.15) is 11.3 Å². The van der Waals surface area contributed by atoms with Crippen LogP contribution in [-0.4, -0.2) is 41.9 Å². The number of nitrogens with zero attached hydrogens (tertiary/aromatic N) is 2. The lowest BCUT2D eigenvalue weighted by molar-refractivity contribution is -0.120. The number of nitrogens with one attached hydrogen (secondary N) is 3. The maximum atomic E-state index is 12.8. The number of amides is 1. The number of hydrogen-bond acceptors (Lipinski definition) is 4. The lowest BCUT2D eigenvalue weighted by Crippen LogP contribution is -2.38. The summed E-state index contributed by atoms with van der Waals surface area (Å²) >= 11 is 0. The van der Waals surface area contributed by atoms with E-state index in [-0.39, 0.29) is 18.1 Å². The summed E-state index contributed by atoms with van der Waals surface area (Å²) in [5, 5.41) is 14.1. The van der Waals surface area contributed by atoms with Gasteiger partial charge in [0.2, 0.25) is 5.91 Å². The van der Waals surface area contributed by atoms with Crippen LogP contribution in [0.25, 0.3) is 0 Å². The van der Waals surface area contributed by atoms with E-state index >= 15 is 0 Å². The van der Waals surface area contributed by atoms with Crippen LogP contribution in [0.2, 0.25) is 0 Å². The van der Waals surface area contributed by atoms with E-state index in [0.717, 1.165) is 43.3 Å². The van der Waals surface area contributed by atoms with Gasteiger partial charge in [-0.05, 0) is 24.6 Å². The molecule has 0 spiro atoms. The Morgan fingerprint density at radius 1 is 1.36 bits per heavy atom. The smallest absolute Gasteiger partial charge is 0.224 e. The first-order chi connectivity index (χ1) is 12.1. The van der Waals surface area contributed by atoms with Gasteiger partial charge >= 0.3 is 0 Å². The molecule has 1 atom stereocenters. The topological polar surface area (TPSA) is 71.0 Å². The third-order valence-electron chi connectivity index (χ3n) is 4.24. The predicted molar refractivity (Wildman–Crippen MR) is 94.9 cm³/mol. The maximum absolute atomic E-state index is 12.8. The standard InChI is InChI=1S/C18H24FN5O/c1-13-8-17-22-11-15(12-24(17)23-13)10-20-6-7-21-18(25)9-14-2-4-16(19)5-3-14/h2-5,8,15,20,22H,6-7,9-12H2,1H3,(H,21,25)/t15-/m1/s1. The molecule has 0 bridgehead atoms. The number of fused-ring (bicyclic) bond motifs is 1. The number of halogens is 1. The summed E-state index contributed by atoms with van der Waals surface area (Å²) in [4.78, 5) is 11.8. The van der Waals surface area contributed by atoms with Crippen molar-refractivity contribution in [2.24, 2.45) is 5.92 Å². The summed E-state index contributed by atoms with van der Waals surface area (Å²) in [7, 11) is 0. The van der Waals surface area contributed by atoms with Crippen molar-refractivity contribution in [3.63, 3.8) is 0 Å². The maximum Gasteiger partial charge on any atom is 0.224 e. The molecule has 3 N–H and O–H groups in total. The molecular formula is C18H24FN5O. The summed E-state index contributed by atoms with van der Waals surface area (Å²) in [5.74, 6) is 1.22. The molecule has 134 valence electrons. The normalized spacial score (nSPS) is 16.2. The van der Waals surface area contributed by atoms with E-state index in [2.05, 4.69) is 27.1 Å². The third-order valence-corrected chi connectivity index (χ3v) is 4.24. The van der Waals surface area contributed by atoms with Gasteiger partial charge in [-0.2, -0.15) is 5.10 Å². The highest BCUT2D eigenvalue weighted by molar-refractivity contribution is 5.78. The Bertz CT molecular complexity index is 713. The molecule has 7 heteroatoms. The Morgan fingerprint density at radius 2 is 2.16 bits per heavy atom. The van der Waals surface area contributed by atoms with Crippen molar-refractivity contribution in [2.45, 2.75) is 19.9 Å². The van der Waals surface area contributed by atoms with Gasteiger partial charge in [-0.3, -0.25) is 4.79 Å². The molecule has 0 radical (unpaired) electrons. The molecule has 6 nitrogen and oxygen atoms in total. The first-order valence-corrected chi connectivity index (χ1v) is 8.60. The fourth-order valence-corrected chi connectivity index (χ4v) is 2.97. The number of benzene rings is 1. The van der Waals surface area contributed by atoms with Crippen LogP contribution in [0.15, 0.2) is 30.3 Å². The molecule has 1 aliphatic heterocycles. The van der Waals surface area contributed by atoms with E-state index in [4.69, 9.17) is 0 Å². The largest absolute Gasteiger partial charge is 0.370 e. The van der Waals surface area contributed by atoms with Crippen molar-refractivity contribution in [3.05, 3.63) is 47.4 Å². The molecule has 0 saturated heterocycles. The van der Waals surface area contributed by atoms with Crippen LogP contribution >= 0.6 is 0 Å². The monoisotopic (exact) mass is 345 g/mol. The summed E-state index contributed by atoms with van der Waals surface area (Å²) in [6, 6.07) is 8.06. The van der Waals surface area contributed by atoms with Gasteiger partial charge in [-0.1, -0.05) is 12.1 Å². The van der Waals surface area contributed by atoms with Crippen molar-refractivity contribution in [3.8, 4) is 0 Å². The first-order valence-electron chi connectivity index (χ1n) is 8.60. The van der Waals surface area contributed by atoms with Crippen LogP contribution in [0, 0.1) is 18.7 Å². The Kier molecular flexibility index (Phi) is 5.65. The van der Waals surface area contributed by atoms with Crippen molar-refractivity contribution in [1.82, 2.24) is 20.4 Å². The van der Waals surface area contributed by atoms with E-state index < -0.39 is 0 Å². The molecule has 1 aromatic carbocycles. The van der Waals surface area contributed by atoms with Crippen molar-refractivity contribution >= 4 is 11.7 Å². The lowest BCUT2D eigenvalue weighted by Gasteiger charge is -2.25. The second kappa shape index (κ2) is 8.11. The first kappa shape index (κ1) is 17.4. The number of rotatable bonds is 7. The number of aromatic nitrogens is 2. The van der Waals surface area contributed by atoms with Gasteiger partial charge in [0.1, 0.15) is 11.6 Å². The lowest BCUT2D eigenvalue weighted by atomic mass is 10.1. The second-order valence-corrected chi connectivity index (χ2v) is 6.46. The van der Waals surface area contributed by atoms with Crippen LogP contribution in [0.3, 0.4) is 0 Å². The van der Waals surface area contributed by atoms with E-state index in [0.29, 0.717) is 12.5 Å². The SMILES string of the molecule is Cc1cc2n(n1)C[C@H](CNCCNC(=O)Cc1ccc(F)cc1)CN2. The molecule has 2 aromatic rings. The third kappa shape index (κ3) is 5.03. The van der Waals surface area contributed by atoms with E-state index in [1.807, 2.05) is 11.6 Å². The minimum atomic E-state index is -0.289. The van der Waals surface area contributed by atoms with Crippen LogP contribution in [0.5, 0.6) is 0 Å². The molecule has 0 unspecified atom stereocenters. The van der Waals surface area contributed by atoms with E-state index in [1.165, 1.54) is 12.1 Å². The summed E-state index contributed by atoms with van der Waals surface area (Å²) in [6.07, 6.45) is 0.272. The highest BCUT2D eigenvalue weighted by atomic mass is 19.1.